The van der Waals surface area contributed by atoms with Crippen molar-refractivity contribution in [2.75, 3.05) is 38.7 Å². The molecule has 0 saturated carbocycles. The van der Waals surface area contributed by atoms with Crippen molar-refractivity contribution in [1.29, 1.82) is 0 Å². The molecule has 1 saturated heterocycles. The van der Waals surface area contributed by atoms with Crippen molar-refractivity contribution < 1.29 is 28.7 Å². The molecule has 0 unspecified atom stereocenters. The summed E-state index contributed by atoms with van der Waals surface area (Å²) in [5.41, 5.74) is 2.00. The smallest absolute Gasteiger partial charge is 0.410 e. The number of nitrogens with one attached hydrogen (secondary N) is 1. The summed E-state index contributed by atoms with van der Waals surface area (Å²) in [7, 11) is 1.76. The maximum atomic E-state index is 13.1. The van der Waals surface area contributed by atoms with Gasteiger partial charge in [0, 0.05) is 44.2 Å². The highest BCUT2D eigenvalue weighted by atomic mass is 35.5. The highest BCUT2D eigenvalue weighted by Gasteiger charge is 2.29. The zero-order valence-corrected chi connectivity index (χ0v) is 26.2. The first-order valence-electron chi connectivity index (χ1n) is 14.1. The molecule has 2 aromatic carbocycles. The molecule has 3 amide bonds. The van der Waals surface area contributed by atoms with Gasteiger partial charge in [-0.2, -0.15) is 5.10 Å². The minimum absolute atomic E-state index is 0.0278. The fraction of sp³-hybridized carbons (Fsp3) is 0.452. The lowest BCUT2D eigenvalue weighted by atomic mass is 10.0. The summed E-state index contributed by atoms with van der Waals surface area (Å²) < 4.78 is 12.2. The van der Waals surface area contributed by atoms with Gasteiger partial charge >= 0.3 is 12.1 Å². The zero-order chi connectivity index (χ0) is 31.5. The summed E-state index contributed by atoms with van der Waals surface area (Å²) in [6.45, 7) is 10.7. The van der Waals surface area contributed by atoms with Crippen molar-refractivity contribution in [2.45, 2.75) is 45.8 Å². The Balaban J connectivity index is 1.42. The molecule has 0 radical (unpaired) electrons. The minimum atomic E-state index is -0.826. The molecule has 1 aliphatic rings. The van der Waals surface area contributed by atoms with E-state index in [1.807, 2.05) is 51.1 Å². The van der Waals surface area contributed by atoms with E-state index in [0.29, 0.717) is 37.1 Å². The van der Waals surface area contributed by atoms with E-state index in [1.54, 1.807) is 47.5 Å². The average molecular weight is 612 g/mol. The third kappa shape index (κ3) is 7.84. The molecule has 2 heterocycles. The number of carbonyl (C=O) groups excluding carboxylic acids is 4. The van der Waals surface area contributed by atoms with E-state index in [-0.39, 0.29) is 36.1 Å². The Morgan fingerprint density at radius 2 is 1.51 bits per heavy atom. The van der Waals surface area contributed by atoms with Gasteiger partial charge in [-0.15, -0.1) is 11.6 Å². The maximum absolute atomic E-state index is 13.1. The number of hydrogen-bond donors (Lipinski definition) is 1. The van der Waals surface area contributed by atoms with Crippen molar-refractivity contribution >= 4 is 46.4 Å². The molecule has 230 valence electrons. The summed E-state index contributed by atoms with van der Waals surface area (Å²) in [6.07, 6.45) is -0.365. The van der Waals surface area contributed by atoms with Crippen LogP contribution in [0.25, 0.3) is 22.0 Å². The summed E-state index contributed by atoms with van der Waals surface area (Å²) in [5, 5.41) is 7.98. The van der Waals surface area contributed by atoms with Crippen LogP contribution in [0, 0.1) is 0 Å². The lowest BCUT2D eigenvalue weighted by Crippen LogP contribution is -2.51. The second-order valence-corrected chi connectivity index (χ2v) is 12.4. The first-order valence-corrected chi connectivity index (χ1v) is 14.6. The third-order valence-corrected chi connectivity index (χ3v) is 7.12. The SMILES string of the molecule is Cn1nc(C(=O)NC(C)(C)COC(=O)CCl)c2ccc(-c3ccc(C(=O)N4CCN(C(=O)OC(C)(C)C)CC4)cc3)cc21. The van der Waals surface area contributed by atoms with E-state index in [0.717, 1.165) is 16.6 Å². The molecular formula is C31H38ClN5O6. The van der Waals surface area contributed by atoms with Crippen molar-refractivity contribution in [1.82, 2.24) is 24.9 Å². The van der Waals surface area contributed by atoms with Crippen molar-refractivity contribution in [3.05, 3.63) is 53.7 Å². The van der Waals surface area contributed by atoms with Gasteiger partial charge in [-0.1, -0.05) is 18.2 Å². The number of piperazine rings is 1. The standard InChI is InChI=1S/C31H38ClN5O6/c1-30(2,3)43-29(41)37-15-13-36(14-16-37)28(40)21-9-7-20(8-10-21)22-11-12-23-24(17-22)35(6)34-26(23)27(39)33-31(4,5)19-42-25(38)18-32/h7-12,17H,13-16,18-19H2,1-6H3,(H,33,39). The van der Waals surface area contributed by atoms with E-state index in [2.05, 4.69) is 10.4 Å². The van der Waals surface area contributed by atoms with E-state index >= 15 is 0 Å². The Hall–Kier alpha value is -4.12. The van der Waals surface area contributed by atoms with Crippen LogP contribution in [0.15, 0.2) is 42.5 Å². The molecule has 1 aliphatic heterocycles. The van der Waals surface area contributed by atoms with E-state index < -0.39 is 17.1 Å². The van der Waals surface area contributed by atoms with Gasteiger partial charge in [0.2, 0.25) is 0 Å². The van der Waals surface area contributed by atoms with Gasteiger partial charge in [0.1, 0.15) is 18.1 Å². The lowest BCUT2D eigenvalue weighted by Gasteiger charge is -2.35. The summed E-state index contributed by atoms with van der Waals surface area (Å²) in [4.78, 5) is 53.3. The number of hydrogen-bond acceptors (Lipinski definition) is 7. The largest absolute Gasteiger partial charge is 0.462 e. The van der Waals surface area contributed by atoms with Crippen LogP contribution in [0.2, 0.25) is 0 Å². The Labute approximate surface area is 256 Å². The number of carbonyl (C=O) groups is 4. The van der Waals surface area contributed by atoms with E-state index in [1.165, 1.54) is 0 Å². The van der Waals surface area contributed by atoms with Crippen LogP contribution in [-0.4, -0.2) is 93.3 Å². The third-order valence-electron chi connectivity index (χ3n) is 6.91. The predicted octanol–water partition coefficient (Wildman–Crippen LogP) is 4.22. The van der Waals surface area contributed by atoms with Crippen LogP contribution in [0.5, 0.6) is 0 Å². The topological polar surface area (TPSA) is 123 Å². The molecule has 0 atom stereocenters. The molecule has 1 aromatic heterocycles. The number of rotatable bonds is 7. The number of benzene rings is 2. The second kappa shape index (κ2) is 12.6. The molecule has 4 rings (SSSR count). The highest BCUT2D eigenvalue weighted by Crippen LogP contribution is 2.27. The molecule has 0 aliphatic carbocycles. The fourth-order valence-electron chi connectivity index (χ4n) is 4.71. The van der Waals surface area contributed by atoms with Crippen LogP contribution < -0.4 is 5.32 Å². The minimum Gasteiger partial charge on any atom is -0.462 e. The summed E-state index contributed by atoms with van der Waals surface area (Å²) >= 11 is 5.48. The fourth-order valence-corrected chi connectivity index (χ4v) is 4.79. The van der Waals surface area contributed by atoms with Crippen molar-refractivity contribution in [3.63, 3.8) is 0 Å². The molecule has 0 bridgehead atoms. The first-order chi connectivity index (χ1) is 20.2. The number of amides is 3. The summed E-state index contributed by atoms with van der Waals surface area (Å²) in [6, 6.07) is 13.1. The molecule has 3 aromatic rings. The first kappa shape index (κ1) is 31.8. The number of esters is 1. The molecular weight excluding hydrogens is 574 g/mol. The quantitative estimate of drug-likeness (QED) is 0.313. The van der Waals surface area contributed by atoms with Crippen LogP contribution in [-0.2, 0) is 21.3 Å². The average Bonchev–Trinajstić information content (AvgIpc) is 3.30. The number of aryl methyl sites for hydroxylation is 1. The van der Waals surface area contributed by atoms with Crippen LogP contribution >= 0.6 is 11.6 Å². The molecule has 1 fully saturated rings. The number of alkyl halides is 1. The van der Waals surface area contributed by atoms with Gasteiger partial charge in [0.25, 0.3) is 11.8 Å². The number of ether oxygens (including phenoxy) is 2. The molecule has 1 N–H and O–H groups in total. The number of nitrogens with zero attached hydrogens (tertiary/aromatic N) is 4. The number of halogens is 1. The van der Waals surface area contributed by atoms with Gasteiger partial charge in [0.05, 0.1) is 11.1 Å². The van der Waals surface area contributed by atoms with Gasteiger partial charge in [0.15, 0.2) is 5.69 Å². The molecule has 11 nitrogen and oxygen atoms in total. The van der Waals surface area contributed by atoms with Crippen molar-refractivity contribution in [2.24, 2.45) is 7.05 Å². The van der Waals surface area contributed by atoms with Gasteiger partial charge in [-0.25, -0.2) is 4.79 Å². The molecule has 12 heteroatoms. The van der Waals surface area contributed by atoms with Crippen molar-refractivity contribution in [3.8, 4) is 11.1 Å². The Kier molecular flexibility index (Phi) is 9.34. The van der Waals surface area contributed by atoms with Gasteiger partial charge in [-0.3, -0.25) is 19.1 Å². The Morgan fingerprint density at radius 1 is 0.907 bits per heavy atom. The van der Waals surface area contributed by atoms with E-state index in [4.69, 9.17) is 21.1 Å². The van der Waals surface area contributed by atoms with E-state index in [9.17, 15) is 19.2 Å². The lowest BCUT2D eigenvalue weighted by molar-refractivity contribution is -0.142. The van der Waals surface area contributed by atoms with Crippen LogP contribution in [0.3, 0.4) is 0 Å². The maximum Gasteiger partial charge on any atom is 0.410 e. The van der Waals surface area contributed by atoms with Crippen LogP contribution in [0.1, 0.15) is 55.5 Å². The normalized spacial score (nSPS) is 14.0. The monoisotopic (exact) mass is 611 g/mol. The zero-order valence-electron chi connectivity index (χ0n) is 25.4. The Bertz CT molecular complexity index is 1520. The number of fused-ring (bicyclic) bond motifs is 1. The predicted molar refractivity (Wildman–Crippen MR) is 163 cm³/mol. The second-order valence-electron chi connectivity index (χ2n) is 12.2. The van der Waals surface area contributed by atoms with Crippen LogP contribution in [0.4, 0.5) is 4.79 Å². The highest BCUT2D eigenvalue weighted by molar-refractivity contribution is 6.26. The number of aromatic nitrogens is 2. The Morgan fingerprint density at radius 3 is 2.12 bits per heavy atom. The van der Waals surface area contributed by atoms with Gasteiger partial charge in [-0.05, 0) is 70.0 Å². The molecule has 43 heavy (non-hydrogen) atoms. The van der Waals surface area contributed by atoms with Gasteiger partial charge < -0.3 is 24.6 Å². The summed E-state index contributed by atoms with van der Waals surface area (Å²) in [5.74, 6) is -1.30. The molecule has 0 spiro atoms.